The van der Waals surface area contributed by atoms with Crippen molar-refractivity contribution in [2.75, 3.05) is 6.61 Å². The summed E-state index contributed by atoms with van der Waals surface area (Å²) in [5.74, 6) is 0.105. The van der Waals surface area contributed by atoms with Gasteiger partial charge in [0.1, 0.15) is 6.67 Å². The average Bonchev–Trinajstić information content (AvgIpc) is 2.54. The summed E-state index contributed by atoms with van der Waals surface area (Å²) in [6.45, 7) is 1.46. The average molecular weight is 357 g/mol. The van der Waals surface area contributed by atoms with Crippen LogP contribution in [0.5, 0.6) is 0 Å². The number of carbonyl (C=O) groups is 2. The van der Waals surface area contributed by atoms with E-state index >= 15 is 0 Å². The minimum Gasteiger partial charge on any atom is -0.463 e. The van der Waals surface area contributed by atoms with Crippen molar-refractivity contribution >= 4 is 35.1 Å². The molecular formula is C17H18ClFO3S. The quantitative estimate of drug-likeness (QED) is 0.714. The van der Waals surface area contributed by atoms with Gasteiger partial charge in [0.25, 0.3) is 0 Å². The molecule has 0 radical (unpaired) electrons. The molecule has 0 bridgehead atoms. The van der Waals surface area contributed by atoms with Gasteiger partial charge in [-0.05, 0) is 36.6 Å². The minimum absolute atomic E-state index is 0.0461. The summed E-state index contributed by atoms with van der Waals surface area (Å²) in [4.78, 5) is 23.6. The molecule has 6 heteroatoms. The number of carbonyl (C=O) groups excluding carboxylic acids is 2. The lowest BCUT2D eigenvalue weighted by Crippen LogP contribution is -2.24. The first-order valence-corrected chi connectivity index (χ1v) is 8.84. The first-order chi connectivity index (χ1) is 11.0. The van der Waals surface area contributed by atoms with E-state index in [2.05, 4.69) is 0 Å². The number of hydrogen-bond acceptors (Lipinski definition) is 4. The molecule has 124 valence electrons. The third kappa shape index (κ3) is 4.82. The third-order valence-electron chi connectivity index (χ3n) is 3.54. The highest BCUT2D eigenvalue weighted by atomic mass is 35.5. The summed E-state index contributed by atoms with van der Waals surface area (Å²) in [5.41, 5.74) is 1.85. The second kappa shape index (κ2) is 8.50. The van der Waals surface area contributed by atoms with Crippen LogP contribution >= 0.6 is 23.4 Å². The Kier molecular flexibility index (Phi) is 6.66. The standard InChI is InChI=1S/C17H18ClFO3S/c1-2-22-17(21)14-8-13(20)5-6-16(14)23-10-12-4-3-11(9-19)7-15(12)18/h3-4,7-8,16H,2,5-6,9-10H2,1H3. The lowest BCUT2D eigenvalue weighted by atomic mass is 9.98. The molecule has 0 amide bonds. The van der Waals surface area contributed by atoms with E-state index in [-0.39, 0.29) is 17.6 Å². The van der Waals surface area contributed by atoms with Crippen LogP contribution in [0.1, 0.15) is 30.9 Å². The highest BCUT2D eigenvalue weighted by Crippen LogP contribution is 2.33. The van der Waals surface area contributed by atoms with E-state index in [0.29, 0.717) is 34.8 Å². The molecule has 0 fully saturated rings. The largest absolute Gasteiger partial charge is 0.463 e. The number of hydrogen-bond donors (Lipinski definition) is 0. The summed E-state index contributed by atoms with van der Waals surface area (Å²) in [6, 6.07) is 5.12. The molecule has 0 aromatic heterocycles. The van der Waals surface area contributed by atoms with Crippen molar-refractivity contribution in [3.05, 3.63) is 46.0 Å². The highest BCUT2D eigenvalue weighted by molar-refractivity contribution is 7.99. The van der Waals surface area contributed by atoms with Crippen LogP contribution in [-0.2, 0) is 26.8 Å². The van der Waals surface area contributed by atoms with Crippen molar-refractivity contribution in [3.8, 4) is 0 Å². The van der Waals surface area contributed by atoms with E-state index < -0.39 is 12.6 Å². The zero-order valence-electron chi connectivity index (χ0n) is 12.8. The fraction of sp³-hybridized carbons (Fsp3) is 0.412. The molecule has 0 spiro atoms. The van der Waals surface area contributed by atoms with Gasteiger partial charge in [-0.3, -0.25) is 4.79 Å². The monoisotopic (exact) mass is 356 g/mol. The molecule has 1 aliphatic carbocycles. The van der Waals surface area contributed by atoms with Gasteiger partial charge in [-0.15, -0.1) is 11.8 Å². The van der Waals surface area contributed by atoms with Gasteiger partial charge in [-0.1, -0.05) is 23.7 Å². The molecule has 0 heterocycles. The first kappa shape index (κ1) is 18.0. The van der Waals surface area contributed by atoms with Crippen molar-refractivity contribution in [1.29, 1.82) is 0 Å². The normalized spacial score (nSPS) is 17.8. The Bertz CT molecular complexity index is 630. The Labute approximate surface area is 144 Å². The highest BCUT2D eigenvalue weighted by Gasteiger charge is 2.28. The maximum atomic E-state index is 12.6. The molecule has 3 nitrogen and oxygen atoms in total. The number of benzene rings is 1. The summed E-state index contributed by atoms with van der Waals surface area (Å²) in [6.07, 6.45) is 2.43. The molecule has 23 heavy (non-hydrogen) atoms. The number of rotatable bonds is 6. The number of halogens is 2. The zero-order chi connectivity index (χ0) is 16.8. The number of ether oxygens (including phenoxy) is 1. The van der Waals surface area contributed by atoms with E-state index in [0.717, 1.165) is 5.56 Å². The summed E-state index contributed by atoms with van der Waals surface area (Å²) >= 11 is 7.70. The van der Waals surface area contributed by atoms with Crippen molar-refractivity contribution in [1.82, 2.24) is 0 Å². The molecule has 0 saturated carbocycles. The van der Waals surface area contributed by atoms with E-state index in [4.69, 9.17) is 16.3 Å². The maximum absolute atomic E-state index is 12.6. The number of allylic oxidation sites excluding steroid dienone is 1. The number of alkyl halides is 1. The second-order valence-electron chi connectivity index (χ2n) is 5.18. The molecule has 1 aromatic rings. The van der Waals surface area contributed by atoms with E-state index in [1.54, 1.807) is 36.9 Å². The van der Waals surface area contributed by atoms with Gasteiger partial charge in [-0.25, -0.2) is 9.18 Å². The number of esters is 1. The lowest BCUT2D eigenvalue weighted by Gasteiger charge is -2.22. The SMILES string of the molecule is CCOC(=O)C1=CC(=O)CCC1SCc1ccc(CF)cc1Cl. The zero-order valence-corrected chi connectivity index (χ0v) is 14.4. The fourth-order valence-corrected chi connectivity index (χ4v) is 3.94. The van der Waals surface area contributed by atoms with Gasteiger partial charge in [0.15, 0.2) is 5.78 Å². The van der Waals surface area contributed by atoms with Gasteiger partial charge < -0.3 is 4.74 Å². The lowest BCUT2D eigenvalue weighted by molar-refractivity contribution is -0.139. The Hall–Kier alpha value is -1.33. The van der Waals surface area contributed by atoms with Crippen LogP contribution in [0.15, 0.2) is 29.8 Å². The Morgan fingerprint density at radius 1 is 1.48 bits per heavy atom. The van der Waals surface area contributed by atoms with Crippen LogP contribution in [0.25, 0.3) is 0 Å². The van der Waals surface area contributed by atoms with Crippen LogP contribution in [0.3, 0.4) is 0 Å². The summed E-state index contributed by atoms with van der Waals surface area (Å²) in [5, 5.41) is 0.421. The van der Waals surface area contributed by atoms with Crippen LogP contribution in [0.4, 0.5) is 4.39 Å². The van der Waals surface area contributed by atoms with Gasteiger partial charge in [0.05, 0.1) is 12.2 Å². The minimum atomic E-state index is -0.548. The van der Waals surface area contributed by atoms with Crippen LogP contribution in [0, 0.1) is 0 Å². The molecule has 1 unspecified atom stereocenters. The van der Waals surface area contributed by atoms with Crippen molar-refractivity contribution in [2.45, 2.75) is 37.4 Å². The third-order valence-corrected chi connectivity index (χ3v) is 5.26. The number of thioether (sulfide) groups is 1. The predicted molar refractivity (Wildman–Crippen MR) is 90.3 cm³/mol. The maximum Gasteiger partial charge on any atom is 0.335 e. The van der Waals surface area contributed by atoms with Crippen LogP contribution in [0.2, 0.25) is 5.02 Å². The van der Waals surface area contributed by atoms with Gasteiger partial charge in [-0.2, -0.15) is 0 Å². The first-order valence-electron chi connectivity index (χ1n) is 7.41. The van der Waals surface area contributed by atoms with E-state index in [1.165, 1.54) is 6.08 Å². The summed E-state index contributed by atoms with van der Waals surface area (Å²) < 4.78 is 17.6. The van der Waals surface area contributed by atoms with Crippen LogP contribution < -0.4 is 0 Å². The number of ketones is 1. The van der Waals surface area contributed by atoms with Gasteiger partial charge in [0.2, 0.25) is 0 Å². The van der Waals surface area contributed by atoms with Crippen LogP contribution in [-0.4, -0.2) is 23.6 Å². The molecule has 0 aliphatic heterocycles. The topological polar surface area (TPSA) is 43.4 Å². The van der Waals surface area contributed by atoms with Crippen molar-refractivity contribution in [2.24, 2.45) is 0 Å². The molecule has 0 N–H and O–H groups in total. The van der Waals surface area contributed by atoms with Gasteiger partial charge >= 0.3 is 5.97 Å². The van der Waals surface area contributed by atoms with Crippen molar-refractivity contribution in [3.63, 3.8) is 0 Å². The van der Waals surface area contributed by atoms with E-state index in [9.17, 15) is 14.0 Å². The summed E-state index contributed by atoms with van der Waals surface area (Å²) in [7, 11) is 0. The molecule has 0 saturated heterocycles. The Balaban J connectivity index is 2.07. The molecule has 1 aromatic carbocycles. The predicted octanol–water partition coefficient (Wildman–Crippen LogP) is 4.26. The molecular weight excluding hydrogens is 339 g/mol. The van der Waals surface area contributed by atoms with Gasteiger partial charge in [0, 0.05) is 22.4 Å². The molecule has 1 atom stereocenters. The Morgan fingerprint density at radius 3 is 2.91 bits per heavy atom. The smallest absolute Gasteiger partial charge is 0.335 e. The van der Waals surface area contributed by atoms with E-state index in [1.807, 2.05) is 0 Å². The Morgan fingerprint density at radius 2 is 2.26 bits per heavy atom. The van der Waals surface area contributed by atoms with Crippen molar-refractivity contribution < 1.29 is 18.7 Å². The second-order valence-corrected chi connectivity index (χ2v) is 6.78. The molecule has 1 aliphatic rings. The fourth-order valence-electron chi connectivity index (χ4n) is 2.33. The molecule has 2 rings (SSSR count).